The second kappa shape index (κ2) is 5.45. The van der Waals surface area contributed by atoms with E-state index >= 15 is 0 Å². The second-order valence-corrected chi connectivity index (χ2v) is 2.39. The molecule has 3 nitrogen and oxygen atoms in total. The smallest absolute Gasteiger partial charge is 0.217 e. The third-order valence-electron chi connectivity index (χ3n) is 0.734. The van der Waals surface area contributed by atoms with Gasteiger partial charge in [-0.3, -0.25) is 4.79 Å². The molecule has 0 saturated heterocycles. The first-order valence-corrected chi connectivity index (χ1v) is 3.55. The van der Waals surface area contributed by atoms with Crippen molar-refractivity contribution >= 4 is 17.7 Å². The summed E-state index contributed by atoms with van der Waals surface area (Å²) in [5.41, 5.74) is 4.84. The van der Waals surface area contributed by atoms with Gasteiger partial charge < -0.3 is 5.73 Å². The zero-order valence-electron chi connectivity index (χ0n) is 4.96. The van der Waals surface area contributed by atoms with Crippen molar-refractivity contribution in [2.24, 2.45) is 5.73 Å². The van der Waals surface area contributed by atoms with Crippen LogP contribution in [-0.4, -0.2) is 11.7 Å². The minimum Gasteiger partial charge on any atom is -0.370 e. The van der Waals surface area contributed by atoms with E-state index in [-0.39, 0.29) is 5.91 Å². The zero-order valence-corrected chi connectivity index (χ0v) is 5.78. The predicted molar refractivity (Wildman–Crippen MR) is 36.5 cm³/mol. The summed E-state index contributed by atoms with van der Waals surface area (Å²) < 4.78 is 0. The van der Waals surface area contributed by atoms with Crippen LogP contribution >= 0.6 is 11.8 Å². The van der Waals surface area contributed by atoms with Crippen LogP contribution in [0.3, 0.4) is 0 Å². The molecule has 0 radical (unpaired) electrons. The lowest BCUT2D eigenvalue weighted by molar-refractivity contribution is -0.118. The van der Waals surface area contributed by atoms with Crippen LogP contribution in [-0.2, 0) is 4.79 Å². The van der Waals surface area contributed by atoms with Gasteiger partial charge in [0.15, 0.2) is 0 Å². The number of hydrogen-bond acceptors (Lipinski definition) is 3. The number of nitrogens with zero attached hydrogens (tertiary/aromatic N) is 1. The summed E-state index contributed by atoms with van der Waals surface area (Å²) in [5.74, 6) is 0.396. The molecule has 0 aromatic heterocycles. The van der Waals surface area contributed by atoms with Gasteiger partial charge in [-0.15, -0.1) is 0 Å². The molecule has 0 aromatic carbocycles. The highest BCUT2D eigenvalue weighted by molar-refractivity contribution is 8.03. The van der Waals surface area contributed by atoms with E-state index < -0.39 is 0 Å². The van der Waals surface area contributed by atoms with Crippen molar-refractivity contribution in [2.45, 2.75) is 12.8 Å². The lowest BCUT2D eigenvalue weighted by Gasteiger charge is -1.89. The normalized spacial score (nSPS) is 8.33. The molecular weight excluding hydrogens is 136 g/mol. The van der Waals surface area contributed by atoms with Crippen LogP contribution < -0.4 is 5.73 Å². The minimum atomic E-state index is -0.298. The minimum absolute atomic E-state index is 0.298. The van der Waals surface area contributed by atoms with Crippen molar-refractivity contribution in [3.8, 4) is 5.40 Å². The lowest BCUT2D eigenvalue weighted by Crippen LogP contribution is -2.09. The largest absolute Gasteiger partial charge is 0.370 e. The molecule has 0 bridgehead atoms. The first-order valence-electron chi connectivity index (χ1n) is 2.56. The Labute approximate surface area is 58.2 Å². The molecule has 9 heavy (non-hydrogen) atoms. The van der Waals surface area contributed by atoms with E-state index in [1.54, 1.807) is 0 Å². The molecule has 0 aliphatic heterocycles. The van der Waals surface area contributed by atoms with Crippen LogP contribution in [0.15, 0.2) is 0 Å². The molecule has 1 amide bonds. The standard InChI is InChI=1S/C5H8N2OS/c6-4-9-3-1-2-5(7)8/h1-3H2,(H2,7,8). The summed E-state index contributed by atoms with van der Waals surface area (Å²) in [5, 5.41) is 9.93. The van der Waals surface area contributed by atoms with E-state index in [2.05, 4.69) is 0 Å². The highest BCUT2D eigenvalue weighted by Gasteiger charge is 1.92. The molecule has 0 rings (SSSR count). The van der Waals surface area contributed by atoms with Gasteiger partial charge in [-0.2, -0.15) is 5.26 Å². The van der Waals surface area contributed by atoms with Gasteiger partial charge in [-0.1, -0.05) is 0 Å². The number of primary amides is 1. The second-order valence-electron chi connectivity index (χ2n) is 1.51. The maximum absolute atomic E-state index is 10.1. The number of thiocyanates is 1. The summed E-state index contributed by atoms with van der Waals surface area (Å²) >= 11 is 1.15. The molecule has 0 heterocycles. The zero-order chi connectivity index (χ0) is 7.11. The molecule has 0 unspecified atom stereocenters. The fraction of sp³-hybridized carbons (Fsp3) is 0.600. The van der Waals surface area contributed by atoms with Gasteiger partial charge in [0, 0.05) is 12.2 Å². The van der Waals surface area contributed by atoms with Gasteiger partial charge in [-0.05, 0) is 18.2 Å². The van der Waals surface area contributed by atoms with Gasteiger partial charge >= 0.3 is 0 Å². The molecule has 50 valence electrons. The van der Waals surface area contributed by atoms with Gasteiger partial charge in [-0.25, -0.2) is 0 Å². The molecule has 0 aliphatic carbocycles. The number of nitriles is 1. The van der Waals surface area contributed by atoms with E-state index in [4.69, 9.17) is 11.0 Å². The molecule has 0 spiro atoms. The van der Waals surface area contributed by atoms with Crippen LogP contribution in [0.25, 0.3) is 0 Å². The summed E-state index contributed by atoms with van der Waals surface area (Å²) in [6, 6.07) is 0. The highest BCUT2D eigenvalue weighted by Crippen LogP contribution is 2.00. The fourth-order valence-corrected chi connectivity index (χ4v) is 0.744. The van der Waals surface area contributed by atoms with E-state index in [0.717, 1.165) is 11.8 Å². The van der Waals surface area contributed by atoms with E-state index in [1.807, 2.05) is 5.40 Å². The highest BCUT2D eigenvalue weighted by atomic mass is 32.2. The average molecular weight is 144 g/mol. The van der Waals surface area contributed by atoms with Crippen LogP contribution in [0.4, 0.5) is 0 Å². The number of carbonyl (C=O) groups is 1. The van der Waals surface area contributed by atoms with Crippen molar-refractivity contribution in [2.75, 3.05) is 5.75 Å². The Kier molecular flexibility index (Phi) is 5.03. The first kappa shape index (κ1) is 8.31. The quantitative estimate of drug-likeness (QED) is 0.460. The molecular formula is C5H8N2OS. The van der Waals surface area contributed by atoms with Crippen LogP contribution in [0, 0.1) is 10.7 Å². The summed E-state index contributed by atoms with van der Waals surface area (Å²) in [6.45, 7) is 0. The monoisotopic (exact) mass is 144 g/mol. The number of amides is 1. The molecule has 0 saturated carbocycles. The van der Waals surface area contributed by atoms with E-state index in [1.165, 1.54) is 0 Å². The fourth-order valence-electron chi connectivity index (χ4n) is 0.364. The Morgan fingerprint density at radius 1 is 1.78 bits per heavy atom. The number of carbonyl (C=O) groups excluding carboxylic acids is 1. The molecule has 0 fully saturated rings. The third kappa shape index (κ3) is 7.31. The molecule has 4 heteroatoms. The first-order chi connectivity index (χ1) is 4.27. The van der Waals surface area contributed by atoms with Crippen molar-refractivity contribution in [1.82, 2.24) is 0 Å². The van der Waals surface area contributed by atoms with Gasteiger partial charge in [0.2, 0.25) is 5.91 Å². The van der Waals surface area contributed by atoms with E-state index in [9.17, 15) is 4.79 Å². The number of nitrogens with two attached hydrogens (primary N) is 1. The maximum Gasteiger partial charge on any atom is 0.217 e. The number of thioether (sulfide) groups is 1. The Morgan fingerprint density at radius 3 is 2.89 bits per heavy atom. The summed E-state index contributed by atoms with van der Waals surface area (Å²) in [6.07, 6.45) is 1.09. The Bertz CT molecular complexity index is 129. The Hall–Kier alpha value is -0.690. The number of rotatable bonds is 4. The van der Waals surface area contributed by atoms with Crippen LogP contribution in [0.1, 0.15) is 12.8 Å². The Balaban J connectivity index is 2.94. The summed E-state index contributed by atoms with van der Waals surface area (Å²) in [7, 11) is 0. The van der Waals surface area contributed by atoms with Crippen molar-refractivity contribution in [1.29, 1.82) is 5.26 Å². The topological polar surface area (TPSA) is 66.9 Å². The van der Waals surface area contributed by atoms with Crippen molar-refractivity contribution < 1.29 is 4.79 Å². The average Bonchev–Trinajstić information content (AvgIpc) is 1.80. The van der Waals surface area contributed by atoms with Crippen LogP contribution in [0.2, 0.25) is 0 Å². The maximum atomic E-state index is 10.1. The molecule has 0 aliphatic rings. The number of hydrogen-bond donors (Lipinski definition) is 1. The third-order valence-corrected chi connectivity index (χ3v) is 1.36. The van der Waals surface area contributed by atoms with Crippen molar-refractivity contribution in [3.05, 3.63) is 0 Å². The molecule has 0 aromatic rings. The van der Waals surface area contributed by atoms with Gasteiger partial charge in [0.05, 0.1) is 0 Å². The van der Waals surface area contributed by atoms with Gasteiger partial charge in [0.25, 0.3) is 0 Å². The SMILES string of the molecule is N#CSCCCC(N)=O. The molecule has 0 atom stereocenters. The summed E-state index contributed by atoms with van der Waals surface area (Å²) in [4.78, 5) is 10.1. The predicted octanol–water partition coefficient (Wildman–Crippen LogP) is 0.466. The van der Waals surface area contributed by atoms with Gasteiger partial charge in [0.1, 0.15) is 5.40 Å². The Morgan fingerprint density at radius 2 is 2.44 bits per heavy atom. The van der Waals surface area contributed by atoms with Crippen LogP contribution in [0.5, 0.6) is 0 Å². The molecule has 2 N–H and O–H groups in total. The lowest BCUT2D eigenvalue weighted by atomic mass is 10.3. The van der Waals surface area contributed by atoms with Crippen molar-refractivity contribution in [3.63, 3.8) is 0 Å². The van der Waals surface area contributed by atoms with E-state index in [0.29, 0.717) is 18.6 Å².